The molecule has 0 aromatic heterocycles. The molecule has 0 bridgehead atoms. The lowest BCUT2D eigenvalue weighted by atomic mass is 10.0. The topological polar surface area (TPSA) is 112 Å². The van der Waals surface area contributed by atoms with Crippen LogP contribution in [0.1, 0.15) is 19.8 Å². The van der Waals surface area contributed by atoms with Crippen LogP contribution in [0, 0.1) is 5.92 Å². The molecule has 15 heavy (non-hydrogen) atoms. The van der Waals surface area contributed by atoms with E-state index in [2.05, 4.69) is 0 Å². The molecule has 0 aliphatic carbocycles. The molecule has 84 valence electrons. The molecule has 0 aliphatic heterocycles. The number of rotatable bonds is 6. The largest absolute Gasteiger partial charge is 0.481 e. The standard InChI is InChI=1S/C9H12O6/c1-5(8(12)13)2-3-6(9(14)15)4-7(10)11/h4-5H,2-3H2,1H3,(H,10,11)(H,12,13)(H,14,15)/b6-4-. The van der Waals surface area contributed by atoms with Crippen LogP contribution < -0.4 is 0 Å². The van der Waals surface area contributed by atoms with Gasteiger partial charge in [-0.25, -0.2) is 9.59 Å². The van der Waals surface area contributed by atoms with Crippen molar-refractivity contribution in [3.63, 3.8) is 0 Å². The highest BCUT2D eigenvalue weighted by Gasteiger charge is 2.15. The van der Waals surface area contributed by atoms with E-state index < -0.39 is 23.8 Å². The van der Waals surface area contributed by atoms with E-state index in [1.54, 1.807) is 0 Å². The summed E-state index contributed by atoms with van der Waals surface area (Å²) in [7, 11) is 0. The average Bonchev–Trinajstić information content (AvgIpc) is 2.10. The zero-order valence-electron chi connectivity index (χ0n) is 8.14. The van der Waals surface area contributed by atoms with E-state index in [-0.39, 0.29) is 18.4 Å². The van der Waals surface area contributed by atoms with Crippen LogP contribution in [-0.4, -0.2) is 33.2 Å². The summed E-state index contributed by atoms with van der Waals surface area (Å²) in [5.74, 6) is -4.41. The van der Waals surface area contributed by atoms with Crippen molar-refractivity contribution in [3.05, 3.63) is 11.6 Å². The van der Waals surface area contributed by atoms with Crippen molar-refractivity contribution < 1.29 is 29.7 Å². The third kappa shape index (κ3) is 5.45. The molecule has 0 amide bonds. The summed E-state index contributed by atoms with van der Waals surface area (Å²) in [4.78, 5) is 31.2. The van der Waals surface area contributed by atoms with E-state index in [0.29, 0.717) is 6.08 Å². The Morgan fingerprint density at radius 3 is 2.07 bits per heavy atom. The molecule has 1 atom stereocenters. The summed E-state index contributed by atoms with van der Waals surface area (Å²) >= 11 is 0. The zero-order valence-corrected chi connectivity index (χ0v) is 8.14. The molecule has 6 heteroatoms. The van der Waals surface area contributed by atoms with E-state index in [1.165, 1.54) is 6.92 Å². The van der Waals surface area contributed by atoms with E-state index >= 15 is 0 Å². The second-order valence-electron chi connectivity index (χ2n) is 3.09. The van der Waals surface area contributed by atoms with Crippen LogP contribution >= 0.6 is 0 Å². The van der Waals surface area contributed by atoms with Gasteiger partial charge in [-0.05, 0) is 12.8 Å². The Morgan fingerprint density at radius 1 is 1.20 bits per heavy atom. The maximum atomic E-state index is 10.5. The lowest BCUT2D eigenvalue weighted by Crippen LogP contribution is -2.12. The molecule has 0 fully saturated rings. The van der Waals surface area contributed by atoms with Crippen molar-refractivity contribution in [2.75, 3.05) is 0 Å². The number of carboxylic acids is 3. The van der Waals surface area contributed by atoms with Crippen LogP contribution in [0.15, 0.2) is 11.6 Å². The predicted octanol–water partition coefficient (Wildman–Crippen LogP) is 0.583. The Bertz CT molecular complexity index is 304. The van der Waals surface area contributed by atoms with Gasteiger partial charge in [-0.3, -0.25) is 4.79 Å². The summed E-state index contributed by atoms with van der Waals surface area (Å²) in [5, 5.41) is 25.5. The second-order valence-corrected chi connectivity index (χ2v) is 3.09. The third-order valence-electron chi connectivity index (χ3n) is 1.84. The molecule has 0 radical (unpaired) electrons. The number of aliphatic carboxylic acids is 3. The summed E-state index contributed by atoms with van der Waals surface area (Å²) < 4.78 is 0. The van der Waals surface area contributed by atoms with Gasteiger partial charge in [-0.2, -0.15) is 0 Å². The number of hydrogen-bond donors (Lipinski definition) is 3. The predicted molar refractivity (Wildman–Crippen MR) is 49.4 cm³/mol. The zero-order chi connectivity index (χ0) is 12.0. The third-order valence-corrected chi connectivity index (χ3v) is 1.84. The van der Waals surface area contributed by atoms with E-state index in [9.17, 15) is 14.4 Å². The molecule has 0 spiro atoms. The normalized spacial score (nSPS) is 13.3. The first-order valence-electron chi connectivity index (χ1n) is 4.24. The van der Waals surface area contributed by atoms with Gasteiger partial charge in [-0.15, -0.1) is 0 Å². The van der Waals surface area contributed by atoms with Crippen molar-refractivity contribution in [1.82, 2.24) is 0 Å². The molecule has 1 unspecified atom stereocenters. The molecule has 0 aromatic carbocycles. The first kappa shape index (κ1) is 13.2. The molecule has 0 aliphatic rings. The smallest absolute Gasteiger partial charge is 0.331 e. The van der Waals surface area contributed by atoms with Gasteiger partial charge in [0, 0.05) is 11.6 Å². The first-order valence-corrected chi connectivity index (χ1v) is 4.24. The summed E-state index contributed by atoms with van der Waals surface area (Å²) in [6.07, 6.45) is 0.604. The minimum Gasteiger partial charge on any atom is -0.481 e. The van der Waals surface area contributed by atoms with Crippen molar-refractivity contribution in [3.8, 4) is 0 Å². The lowest BCUT2D eigenvalue weighted by Gasteiger charge is -2.05. The molecular weight excluding hydrogens is 204 g/mol. The van der Waals surface area contributed by atoms with Gasteiger partial charge in [0.1, 0.15) is 0 Å². The number of carboxylic acid groups (broad SMARTS) is 3. The second kappa shape index (κ2) is 5.79. The Balaban J connectivity index is 4.39. The molecule has 0 rings (SSSR count). The van der Waals surface area contributed by atoms with Gasteiger partial charge in [-0.1, -0.05) is 6.92 Å². The average molecular weight is 216 g/mol. The van der Waals surface area contributed by atoms with E-state index in [1.807, 2.05) is 0 Å². The van der Waals surface area contributed by atoms with Crippen molar-refractivity contribution in [2.24, 2.45) is 5.92 Å². The van der Waals surface area contributed by atoms with Gasteiger partial charge >= 0.3 is 17.9 Å². The van der Waals surface area contributed by atoms with Crippen molar-refractivity contribution >= 4 is 17.9 Å². The van der Waals surface area contributed by atoms with Gasteiger partial charge in [0.25, 0.3) is 0 Å². The Morgan fingerprint density at radius 2 is 1.73 bits per heavy atom. The molecule has 6 nitrogen and oxygen atoms in total. The Labute approximate surface area is 85.8 Å². The first-order chi connectivity index (χ1) is 6.84. The van der Waals surface area contributed by atoms with Gasteiger partial charge in [0.2, 0.25) is 0 Å². The highest BCUT2D eigenvalue weighted by atomic mass is 16.4. The maximum Gasteiger partial charge on any atom is 0.331 e. The van der Waals surface area contributed by atoms with Crippen LogP contribution in [0.2, 0.25) is 0 Å². The van der Waals surface area contributed by atoms with Gasteiger partial charge in [0.05, 0.1) is 5.92 Å². The van der Waals surface area contributed by atoms with E-state index in [4.69, 9.17) is 15.3 Å². The van der Waals surface area contributed by atoms with Gasteiger partial charge in [0.15, 0.2) is 0 Å². The molecule has 3 N–H and O–H groups in total. The molecule has 0 heterocycles. The highest BCUT2D eigenvalue weighted by Crippen LogP contribution is 2.12. The summed E-state index contributed by atoms with van der Waals surface area (Å²) in [6.45, 7) is 1.43. The Hall–Kier alpha value is -1.85. The van der Waals surface area contributed by atoms with Crippen LogP contribution in [0.4, 0.5) is 0 Å². The number of hydrogen-bond acceptors (Lipinski definition) is 3. The minimum absolute atomic E-state index is 0.0743. The Kier molecular flexibility index (Phi) is 5.08. The highest BCUT2D eigenvalue weighted by molar-refractivity contribution is 5.94. The number of carbonyl (C=O) groups is 3. The quantitative estimate of drug-likeness (QED) is 0.560. The van der Waals surface area contributed by atoms with Crippen LogP contribution in [-0.2, 0) is 14.4 Å². The summed E-state index contributed by atoms with van der Waals surface area (Å²) in [6, 6.07) is 0. The van der Waals surface area contributed by atoms with Crippen LogP contribution in [0.3, 0.4) is 0 Å². The van der Waals surface area contributed by atoms with E-state index in [0.717, 1.165) is 0 Å². The van der Waals surface area contributed by atoms with Crippen molar-refractivity contribution in [1.29, 1.82) is 0 Å². The van der Waals surface area contributed by atoms with Crippen LogP contribution in [0.5, 0.6) is 0 Å². The SMILES string of the molecule is CC(CC/C(=C/C(=O)O)C(=O)O)C(=O)O. The fraction of sp³-hybridized carbons (Fsp3) is 0.444. The fourth-order valence-corrected chi connectivity index (χ4v) is 0.885. The minimum atomic E-state index is -1.35. The van der Waals surface area contributed by atoms with Crippen molar-refractivity contribution in [2.45, 2.75) is 19.8 Å². The van der Waals surface area contributed by atoms with Crippen LogP contribution in [0.25, 0.3) is 0 Å². The van der Waals surface area contributed by atoms with Gasteiger partial charge < -0.3 is 15.3 Å². The molecule has 0 saturated heterocycles. The molecule has 0 saturated carbocycles. The monoisotopic (exact) mass is 216 g/mol. The summed E-state index contributed by atoms with van der Waals surface area (Å²) in [5.41, 5.74) is -0.296. The lowest BCUT2D eigenvalue weighted by molar-refractivity contribution is -0.141. The maximum absolute atomic E-state index is 10.5. The fourth-order valence-electron chi connectivity index (χ4n) is 0.885. The molecular formula is C9H12O6. The molecule has 0 aromatic rings.